The van der Waals surface area contributed by atoms with Crippen molar-refractivity contribution in [3.05, 3.63) is 60.2 Å². The molecule has 0 aliphatic carbocycles. The maximum Gasteiger partial charge on any atom is 0.172 e. The second-order valence-electron chi connectivity index (χ2n) is 5.91. The highest BCUT2D eigenvalue weighted by Crippen LogP contribution is 2.27. The van der Waals surface area contributed by atoms with Crippen LogP contribution in [0, 0.1) is 0 Å². The van der Waals surface area contributed by atoms with E-state index in [9.17, 15) is 0 Å². The molecule has 0 spiro atoms. The van der Waals surface area contributed by atoms with Crippen molar-refractivity contribution in [1.82, 2.24) is 19.3 Å². The van der Waals surface area contributed by atoms with Gasteiger partial charge in [-0.1, -0.05) is 43.8 Å². The average molecular weight is 326 g/mol. The number of aryl methyl sites for hydroxylation is 2. The monoisotopic (exact) mass is 326 g/mol. The maximum absolute atomic E-state index is 4.53. The lowest BCUT2D eigenvalue weighted by Crippen LogP contribution is -2.02. The summed E-state index contributed by atoms with van der Waals surface area (Å²) in [5, 5.41) is 5.26. The van der Waals surface area contributed by atoms with Crippen LogP contribution in [-0.2, 0) is 13.5 Å². The molecule has 0 unspecified atom stereocenters. The standard InChI is InChI=1S/C18H22N4S/c1-14(2)16-6-4-5-7-17(16)22-10-9-19-18(22)23-11-8-15-12-20-21(3)13-15/h4-7,9-10,12-14H,8,11H2,1-3H3. The van der Waals surface area contributed by atoms with Gasteiger partial charge in [0.15, 0.2) is 5.16 Å². The number of thioether (sulfide) groups is 1. The first-order valence-electron chi connectivity index (χ1n) is 7.88. The smallest absolute Gasteiger partial charge is 0.172 e. The van der Waals surface area contributed by atoms with Crippen LogP contribution in [0.2, 0.25) is 0 Å². The summed E-state index contributed by atoms with van der Waals surface area (Å²) in [6.07, 6.45) is 8.93. The molecule has 3 aromatic rings. The predicted molar refractivity (Wildman–Crippen MR) is 95.3 cm³/mol. The van der Waals surface area contributed by atoms with E-state index in [1.807, 2.05) is 30.3 Å². The van der Waals surface area contributed by atoms with Gasteiger partial charge >= 0.3 is 0 Å². The van der Waals surface area contributed by atoms with Crippen LogP contribution in [-0.4, -0.2) is 25.1 Å². The van der Waals surface area contributed by atoms with E-state index in [0.717, 1.165) is 17.3 Å². The van der Waals surface area contributed by atoms with Crippen LogP contribution in [0.1, 0.15) is 30.9 Å². The minimum Gasteiger partial charge on any atom is -0.295 e. The van der Waals surface area contributed by atoms with Gasteiger partial charge in [-0.15, -0.1) is 0 Å². The van der Waals surface area contributed by atoms with Gasteiger partial charge in [-0.2, -0.15) is 5.10 Å². The Balaban J connectivity index is 1.75. The number of benzene rings is 1. The Morgan fingerprint density at radius 3 is 2.78 bits per heavy atom. The van der Waals surface area contributed by atoms with Crippen molar-refractivity contribution in [3.8, 4) is 5.69 Å². The summed E-state index contributed by atoms with van der Waals surface area (Å²) < 4.78 is 4.04. The zero-order valence-corrected chi connectivity index (χ0v) is 14.6. The highest BCUT2D eigenvalue weighted by molar-refractivity contribution is 7.99. The molecule has 5 heteroatoms. The molecule has 2 aromatic heterocycles. The maximum atomic E-state index is 4.53. The molecule has 0 saturated heterocycles. The Morgan fingerprint density at radius 2 is 2.04 bits per heavy atom. The summed E-state index contributed by atoms with van der Waals surface area (Å²) in [7, 11) is 1.95. The van der Waals surface area contributed by atoms with Crippen LogP contribution >= 0.6 is 11.8 Å². The zero-order valence-electron chi connectivity index (χ0n) is 13.8. The van der Waals surface area contributed by atoms with Gasteiger partial charge in [0.2, 0.25) is 0 Å². The third-order valence-corrected chi connectivity index (χ3v) is 4.77. The molecular weight excluding hydrogens is 304 g/mol. The average Bonchev–Trinajstić information content (AvgIpc) is 3.16. The van der Waals surface area contributed by atoms with Gasteiger partial charge in [-0.3, -0.25) is 9.25 Å². The van der Waals surface area contributed by atoms with Gasteiger partial charge in [-0.25, -0.2) is 4.98 Å². The van der Waals surface area contributed by atoms with Gasteiger partial charge in [0.1, 0.15) is 0 Å². The van der Waals surface area contributed by atoms with E-state index in [4.69, 9.17) is 0 Å². The fourth-order valence-electron chi connectivity index (χ4n) is 2.64. The minimum absolute atomic E-state index is 0.488. The lowest BCUT2D eigenvalue weighted by Gasteiger charge is -2.15. The SMILES string of the molecule is CC(C)c1ccccc1-n1ccnc1SCCc1cnn(C)c1. The fraction of sp³-hybridized carbons (Fsp3) is 0.333. The molecule has 3 rings (SSSR count). The molecule has 0 N–H and O–H groups in total. The van der Waals surface area contributed by atoms with E-state index in [2.05, 4.69) is 59.0 Å². The van der Waals surface area contributed by atoms with Gasteiger partial charge in [0.25, 0.3) is 0 Å². The van der Waals surface area contributed by atoms with Crippen LogP contribution in [0.3, 0.4) is 0 Å². The summed E-state index contributed by atoms with van der Waals surface area (Å²) in [5.74, 6) is 1.48. The van der Waals surface area contributed by atoms with Crippen molar-refractivity contribution in [2.24, 2.45) is 7.05 Å². The first kappa shape index (κ1) is 15.9. The lowest BCUT2D eigenvalue weighted by molar-refractivity contribution is 0.767. The molecule has 0 radical (unpaired) electrons. The van der Waals surface area contributed by atoms with Crippen molar-refractivity contribution in [2.45, 2.75) is 31.3 Å². The zero-order chi connectivity index (χ0) is 16.2. The van der Waals surface area contributed by atoms with E-state index in [1.165, 1.54) is 16.8 Å². The van der Waals surface area contributed by atoms with Crippen molar-refractivity contribution >= 4 is 11.8 Å². The van der Waals surface area contributed by atoms with Crippen molar-refractivity contribution in [2.75, 3.05) is 5.75 Å². The summed E-state index contributed by atoms with van der Waals surface area (Å²) in [4.78, 5) is 4.53. The number of hydrogen-bond acceptors (Lipinski definition) is 3. The van der Waals surface area contributed by atoms with Crippen LogP contribution in [0.4, 0.5) is 0 Å². The van der Waals surface area contributed by atoms with Crippen molar-refractivity contribution in [3.63, 3.8) is 0 Å². The van der Waals surface area contributed by atoms with Crippen molar-refractivity contribution < 1.29 is 0 Å². The van der Waals surface area contributed by atoms with Gasteiger partial charge in [-0.05, 0) is 29.5 Å². The Hall–Kier alpha value is -2.01. The molecular formula is C18H22N4S. The van der Waals surface area contributed by atoms with Crippen LogP contribution in [0.5, 0.6) is 0 Å². The number of aromatic nitrogens is 4. The Morgan fingerprint density at radius 1 is 1.22 bits per heavy atom. The van der Waals surface area contributed by atoms with E-state index < -0.39 is 0 Å². The molecule has 0 fully saturated rings. The van der Waals surface area contributed by atoms with Crippen LogP contribution in [0.15, 0.2) is 54.2 Å². The molecule has 2 heterocycles. The van der Waals surface area contributed by atoms with Gasteiger partial charge < -0.3 is 0 Å². The summed E-state index contributed by atoms with van der Waals surface area (Å²) in [5.41, 5.74) is 3.84. The lowest BCUT2D eigenvalue weighted by atomic mass is 10.0. The van der Waals surface area contributed by atoms with E-state index >= 15 is 0 Å². The Labute approximate surface area is 141 Å². The quantitative estimate of drug-likeness (QED) is 0.641. The fourth-order valence-corrected chi connectivity index (χ4v) is 3.59. The minimum atomic E-state index is 0.488. The molecule has 1 aromatic carbocycles. The largest absolute Gasteiger partial charge is 0.295 e. The van der Waals surface area contributed by atoms with Crippen LogP contribution < -0.4 is 0 Å². The Bertz CT molecular complexity index is 773. The molecule has 0 aliphatic heterocycles. The molecule has 4 nitrogen and oxygen atoms in total. The number of nitrogens with zero attached hydrogens (tertiary/aromatic N) is 4. The van der Waals surface area contributed by atoms with Gasteiger partial charge in [0.05, 0.1) is 11.9 Å². The second-order valence-corrected chi connectivity index (χ2v) is 6.98. The molecule has 0 bridgehead atoms. The first-order chi connectivity index (χ1) is 11.1. The third kappa shape index (κ3) is 3.67. The summed E-state index contributed by atoms with van der Waals surface area (Å²) in [6.45, 7) is 4.45. The van der Waals surface area contributed by atoms with E-state index in [1.54, 1.807) is 11.8 Å². The third-order valence-electron chi connectivity index (χ3n) is 3.81. The summed E-state index contributed by atoms with van der Waals surface area (Å²) in [6, 6.07) is 8.56. The second kappa shape index (κ2) is 7.04. The number of hydrogen-bond donors (Lipinski definition) is 0. The molecule has 23 heavy (non-hydrogen) atoms. The highest BCUT2D eigenvalue weighted by Gasteiger charge is 2.11. The number of para-hydroxylation sites is 1. The molecule has 120 valence electrons. The number of imidazole rings is 1. The normalized spacial score (nSPS) is 11.3. The number of rotatable bonds is 6. The molecule has 0 atom stereocenters. The topological polar surface area (TPSA) is 35.6 Å². The molecule has 0 saturated carbocycles. The van der Waals surface area contributed by atoms with Crippen molar-refractivity contribution in [1.29, 1.82) is 0 Å². The predicted octanol–water partition coefficient (Wildman–Crippen LogP) is 4.06. The molecule has 0 aliphatic rings. The van der Waals surface area contributed by atoms with Gasteiger partial charge in [0, 0.05) is 31.4 Å². The summed E-state index contributed by atoms with van der Waals surface area (Å²) >= 11 is 1.79. The molecule has 0 amide bonds. The highest BCUT2D eigenvalue weighted by atomic mass is 32.2. The Kier molecular flexibility index (Phi) is 4.86. The van der Waals surface area contributed by atoms with E-state index in [0.29, 0.717) is 5.92 Å². The van der Waals surface area contributed by atoms with E-state index in [-0.39, 0.29) is 0 Å². The van der Waals surface area contributed by atoms with Crippen LogP contribution in [0.25, 0.3) is 5.69 Å². The first-order valence-corrected chi connectivity index (χ1v) is 8.86.